The molecule has 1 aliphatic rings. The van der Waals surface area contributed by atoms with E-state index in [1.807, 2.05) is 10.4 Å². The molecular formula is C9H13N3OS. The van der Waals surface area contributed by atoms with Gasteiger partial charge in [0, 0.05) is 31.9 Å². The Balaban J connectivity index is 2.11. The summed E-state index contributed by atoms with van der Waals surface area (Å²) in [6.45, 7) is 1.50. The van der Waals surface area contributed by atoms with Crippen molar-refractivity contribution in [1.82, 2.24) is 14.8 Å². The average molecular weight is 211 g/mol. The molecule has 14 heavy (non-hydrogen) atoms. The van der Waals surface area contributed by atoms with Crippen LogP contribution in [-0.2, 0) is 13.0 Å². The summed E-state index contributed by atoms with van der Waals surface area (Å²) < 4.78 is 0. The molecule has 0 aliphatic carbocycles. The minimum Gasteiger partial charge on any atom is -0.331 e. The molecule has 0 spiro atoms. The van der Waals surface area contributed by atoms with Gasteiger partial charge in [0.1, 0.15) is 0 Å². The zero-order valence-corrected chi connectivity index (χ0v) is 9.17. The molecule has 0 saturated heterocycles. The number of rotatable bonds is 0. The molecule has 0 radical (unpaired) electrons. The third-order valence-electron chi connectivity index (χ3n) is 2.33. The van der Waals surface area contributed by atoms with E-state index in [-0.39, 0.29) is 6.03 Å². The van der Waals surface area contributed by atoms with Crippen LogP contribution >= 0.6 is 11.3 Å². The van der Waals surface area contributed by atoms with Crippen molar-refractivity contribution in [2.45, 2.75) is 13.0 Å². The van der Waals surface area contributed by atoms with Crippen LogP contribution in [0.3, 0.4) is 0 Å². The lowest BCUT2D eigenvalue weighted by Crippen LogP contribution is -2.41. The predicted molar refractivity (Wildman–Crippen MR) is 55.3 cm³/mol. The van der Waals surface area contributed by atoms with Crippen LogP contribution in [0.2, 0.25) is 0 Å². The van der Waals surface area contributed by atoms with E-state index < -0.39 is 0 Å². The van der Waals surface area contributed by atoms with Crippen LogP contribution in [0.4, 0.5) is 4.79 Å². The maximum atomic E-state index is 11.7. The van der Waals surface area contributed by atoms with Gasteiger partial charge in [0.15, 0.2) is 0 Å². The van der Waals surface area contributed by atoms with Crippen molar-refractivity contribution in [3.05, 3.63) is 16.1 Å². The summed E-state index contributed by atoms with van der Waals surface area (Å²) in [4.78, 5) is 20.6. The summed E-state index contributed by atoms with van der Waals surface area (Å²) in [7, 11) is 3.56. The molecule has 1 aromatic heterocycles. The fourth-order valence-electron chi connectivity index (χ4n) is 1.57. The van der Waals surface area contributed by atoms with Crippen LogP contribution < -0.4 is 0 Å². The fourth-order valence-corrected chi connectivity index (χ4v) is 2.39. The van der Waals surface area contributed by atoms with Crippen LogP contribution in [0.1, 0.15) is 10.6 Å². The Morgan fingerprint density at radius 3 is 3.14 bits per heavy atom. The van der Waals surface area contributed by atoms with Gasteiger partial charge in [0.05, 0.1) is 17.7 Å². The van der Waals surface area contributed by atoms with Crippen LogP contribution in [0.15, 0.2) is 5.51 Å². The molecule has 0 atom stereocenters. The largest absolute Gasteiger partial charge is 0.331 e. The molecule has 0 unspecified atom stereocenters. The summed E-state index contributed by atoms with van der Waals surface area (Å²) in [5, 5.41) is 0. The summed E-state index contributed by atoms with van der Waals surface area (Å²) in [5.74, 6) is 0. The lowest BCUT2D eigenvalue weighted by atomic mass is 10.2. The Labute approximate surface area is 87.2 Å². The van der Waals surface area contributed by atoms with E-state index >= 15 is 0 Å². The second-order valence-corrected chi connectivity index (χ2v) is 4.51. The first-order valence-corrected chi connectivity index (χ1v) is 5.44. The van der Waals surface area contributed by atoms with Gasteiger partial charge in [-0.25, -0.2) is 9.78 Å². The van der Waals surface area contributed by atoms with Gasteiger partial charge in [-0.05, 0) is 0 Å². The minimum atomic E-state index is 0.0871. The number of carbonyl (C=O) groups is 1. The average Bonchev–Trinajstić information content (AvgIpc) is 2.62. The van der Waals surface area contributed by atoms with Crippen molar-refractivity contribution in [3.63, 3.8) is 0 Å². The molecule has 5 heteroatoms. The van der Waals surface area contributed by atoms with Gasteiger partial charge in [-0.2, -0.15) is 0 Å². The Morgan fingerprint density at radius 2 is 2.43 bits per heavy atom. The molecule has 2 amide bonds. The van der Waals surface area contributed by atoms with Crippen molar-refractivity contribution in [2.24, 2.45) is 0 Å². The molecule has 1 aromatic rings. The Bertz CT molecular complexity index is 348. The van der Waals surface area contributed by atoms with Gasteiger partial charge in [-0.1, -0.05) is 0 Å². The Kier molecular flexibility index (Phi) is 2.41. The van der Waals surface area contributed by atoms with E-state index in [4.69, 9.17) is 0 Å². The number of thiazole rings is 1. The third kappa shape index (κ3) is 1.59. The predicted octanol–water partition coefficient (Wildman–Crippen LogP) is 1.18. The van der Waals surface area contributed by atoms with Crippen LogP contribution in [0, 0.1) is 0 Å². The molecule has 0 bridgehead atoms. The number of hydrogen-bond donors (Lipinski definition) is 0. The zero-order chi connectivity index (χ0) is 10.1. The highest BCUT2D eigenvalue weighted by Gasteiger charge is 2.23. The first kappa shape index (κ1) is 9.45. The van der Waals surface area contributed by atoms with Gasteiger partial charge in [-0.3, -0.25) is 0 Å². The Hall–Kier alpha value is -1.10. The van der Waals surface area contributed by atoms with Gasteiger partial charge in [-0.15, -0.1) is 11.3 Å². The van der Waals surface area contributed by atoms with Crippen molar-refractivity contribution >= 4 is 17.4 Å². The highest BCUT2D eigenvalue weighted by molar-refractivity contribution is 7.09. The van der Waals surface area contributed by atoms with E-state index in [2.05, 4.69) is 4.98 Å². The van der Waals surface area contributed by atoms with Gasteiger partial charge >= 0.3 is 6.03 Å². The van der Waals surface area contributed by atoms with E-state index in [1.165, 1.54) is 4.88 Å². The summed E-state index contributed by atoms with van der Waals surface area (Å²) in [6.07, 6.45) is 0.887. The van der Waals surface area contributed by atoms with Crippen molar-refractivity contribution in [2.75, 3.05) is 20.6 Å². The summed E-state index contributed by atoms with van der Waals surface area (Å²) in [6, 6.07) is 0.0871. The van der Waals surface area contributed by atoms with Gasteiger partial charge in [0.2, 0.25) is 0 Å². The van der Waals surface area contributed by atoms with E-state index in [1.54, 1.807) is 30.3 Å². The number of amides is 2. The standard InChI is InChI=1S/C9H13N3OS/c1-11(2)9(13)12-4-3-7-8(5-12)14-6-10-7/h6H,3-5H2,1-2H3. The molecular weight excluding hydrogens is 198 g/mol. The number of nitrogens with zero attached hydrogens (tertiary/aromatic N) is 3. The first-order chi connectivity index (χ1) is 6.68. The van der Waals surface area contributed by atoms with E-state index in [0.29, 0.717) is 0 Å². The molecule has 76 valence electrons. The monoisotopic (exact) mass is 211 g/mol. The van der Waals surface area contributed by atoms with Crippen LogP contribution in [0.25, 0.3) is 0 Å². The minimum absolute atomic E-state index is 0.0871. The molecule has 1 aliphatic heterocycles. The zero-order valence-electron chi connectivity index (χ0n) is 8.36. The number of urea groups is 1. The maximum absolute atomic E-state index is 11.7. The molecule has 0 aromatic carbocycles. The SMILES string of the molecule is CN(C)C(=O)N1CCc2ncsc2C1. The number of aromatic nitrogens is 1. The number of carbonyl (C=O) groups excluding carboxylic acids is 1. The maximum Gasteiger partial charge on any atom is 0.319 e. The molecule has 0 N–H and O–H groups in total. The van der Waals surface area contributed by atoms with Crippen molar-refractivity contribution < 1.29 is 4.79 Å². The fraction of sp³-hybridized carbons (Fsp3) is 0.556. The van der Waals surface area contributed by atoms with Crippen LogP contribution in [-0.4, -0.2) is 41.5 Å². The molecule has 0 saturated carbocycles. The van der Waals surface area contributed by atoms with Crippen LogP contribution in [0.5, 0.6) is 0 Å². The number of fused-ring (bicyclic) bond motifs is 1. The second kappa shape index (κ2) is 3.57. The first-order valence-electron chi connectivity index (χ1n) is 4.56. The topological polar surface area (TPSA) is 36.4 Å². The van der Waals surface area contributed by atoms with Crippen molar-refractivity contribution in [3.8, 4) is 0 Å². The number of hydrogen-bond acceptors (Lipinski definition) is 3. The lowest BCUT2D eigenvalue weighted by Gasteiger charge is -2.28. The van der Waals surface area contributed by atoms with Crippen molar-refractivity contribution in [1.29, 1.82) is 0 Å². The lowest BCUT2D eigenvalue weighted by molar-refractivity contribution is 0.166. The quantitative estimate of drug-likeness (QED) is 0.646. The summed E-state index contributed by atoms with van der Waals surface area (Å²) >= 11 is 1.63. The Morgan fingerprint density at radius 1 is 1.64 bits per heavy atom. The smallest absolute Gasteiger partial charge is 0.319 e. The second-order valence-electron chi connectivity index (χ2n) is 3.57. The summed E-state index contributed by atoms with van der Waals surface area (Å²) in [5.41, 5.74) is 3.02. The van der Waals surface area contributed by atoms with Gasteiger partial charge in [0.25, 0.3) is 0 Å². The highest BCUT2D eigenvalue weighted by Crippen LogP contribution is 2.21. The molecule has 2 heterocycles. The molecule has 4 nitrogen and oxygen atoms in total. The molecule has 0 fully saturated rings. The van der Waals surface area contributed by atoms with Gasteiger partial charge < -0.3 is 9.80 Å². The third-order valence-corrected chi connectivity index (χ3v) is 3.19. The molecule has 2 rings (SSSR count). The van der Waals surface area contributed by atoms with E-state index in [0.717, 1.165) is 25.2 Å². The normalized spacial score (nSPS) is 15.1. The van der Waals surface area contributed by atoms with E-state index in [9.17, 15) is 4.79 Å². The highest BCUT2D eigenvalue weighted by atomic mass is 32.1.